The molecule has 1 rings (SSSR count). The second-order valence-electron chi connectivity index (χ2n) is 2.80. The van der Waals surface area contributed by atoms with Gasteiger partial charge in [-0.25, -0.2) is 0 Å². The van der Waals surface area contributed by atoms with Crippen molar-refractivity contribution in [2.24, 2.45) is 0 Å². The van der Waals surface area contributed by atoms with Crippen molar-refractivity contribution in [2.45, 2.75) is 13.8 Å². The monoisotopic (exact) mass is 213 g/mol. The van der Waals surface area contributed by atoms with Crippen molar-refractivity contribution in [3.05, 3.63) is 72.9 Å². The normalized spacial score (nSPS) is 9.75. The van der Waals surface area contributed by atoms with Crippen LogP contribution in [0.15, 0.2) is 67.3 Å². The second kappa shape index (κ2) is 8.42. The Morgan fingerprint density at radius 1 is 1.12 bits per heavy atom. The van der Waals surface area contributed by atoms with E-state index in [1.54, 1.807) is 18.2 Å². The fourth-order valence-corrected chi connectivity index (χ4v) is 1.15. The zero-order valence-corrected chi connectivity index (χ0v) is 10.0. The average molecular weight is 213 g/mol. The van der Waals surface area contributed by atoms with E-state index in [1.165, 1.54) is 0 Å². The molecule has 0 aromatic heterocycles. The summed E-state index contributed by atoms with van der Waals surface area (Å²) < 4.78 is 0. The fourth-order valence-electron chi connectivity index (χ4n) is 1.15. The van der Waals surface area contributed by atoms with E-state index in [2.05, 4.69) is 13.2 Å². The van der Waals surface area contributed by atoms with E-state index in [9.17, 15) is 0 Å². The van der Waals surface area contributed by atoms with E-state index in [0.29, 0.717) is 5.71 Å². The highest BCUT2D eigenvalue weighted by Gasteiger charge is 2.02. The molecule has 0 bridgehead atoms. The van der Waals surface area contributed by atoms with Gasteiger partial charge < -0.3 is 0 Å². The molecule has 0 spiro atoms. The Hall–Kier alpha value is -1.89. The third-order valence-corrected chi connectivity index (χ3v) is 1.87. The average Bonchev–Trinajstić information content (AvgIpc) is 2.38. The molecule has 0 saturated carbocycles. The molecule has 1 nitrogen and oxygen atoms in total. The summed E-state index contributed by atoms with van der Waals surface area (Å²) >= 11 is 0. The lowest BCUT2D eigenvalue weighted by Gasteiger charge is -2.03. The Bertz CT molecular complexity index is 372. The summed E-state index contributed by atoms with van der Waals surface area (Å²) in [5, 5.41) is 7.90. The summed E-state index contributed by atoms with van der Waals surface area (Å²) in [7, 11) is 0. The van der Waals surface area contributed by atoms with Crippen molar-refractivity contribution < 1.29 is 0 Å². The molecule has 0 heterocycles. The first-order valence-electron chi connectivity index (χ1n) is 5.39. The highest BCUT2D eigenvalue weighted by molar-refractivity contribution is 6.12. The Morgan fingerprint density at radius 3 is 2.12 bits per heavy atom. The molecule has 0 fully saturated rings. The van der Waals surface area contributed by atoms with Crippen molar-refractivity contribution >= 4 is 5.71 Å². The molecule has 0 radical (unpaired) electrons. The predicted octanol–water partition coefficient (Wildman–Crippen LogP) is 4.38. The van der Waals surface area contributed by atoms with E-state index in [1.807, 2.05) is 44.2 Å². The molecular formula is C15H19N. The van der Waals surface area contributed by atoms with Gasteiger partial charge in [0.2, 0.25) is 0 Å². The van der Waals surface area contributed by atoms with E-state index >= 15 is 0 Å². The van der Waals surface area contributed by atoms with Gasteiger partial charge in [0.25, 0.3) is 0 Å². The maximum atomic E-state index is 7.90. The Labute approximate surface area is 98.3 Å². The topological polar surface area (TPSA) is 23.9 Å². The van der Waals surface area contributed by atoms with Gasteiger partial charge in [-0.2, -0.15) is 0 Å². The van der Waals surface area contributed by atoms with Crippen LogP contribution in [0.3, 0.4) is 0 Å². The predicted molar refractivity (Wildman–Crippen MR) is 73.1 cm³/mol. The van der Waals surface area contributed by atoms with Crippen LogP contribution in [0.5, 0.6) is 0 Å². The van der Waals surface area contributed by atoms with Crippen molar-refractivity contribution in [2.75, 3.05) is 0 Å². The maximum Gasteiger partial charge on any atom is 0.0684 e. The molecule has 1 N–H and O–H groups in total. The largest absolute Gasteiger partial charge is 0.300 e. The zero-order valence-electron chi connectivity index (χ0n) is 10.0. The second-order valence-corrected chi connectivity index (χ2v) is 2.80. The zero-order chi connectivity index (χ0) is 12.4. The first-order chi connectivity index (χ1) is 7.79. The van der Waals surface area contributed by atoms with Gasteiger partial charge >= 0.3 is 0 Å². The van der Waals surface area contributed by atoms with E-state index in [4.69, 9.17) is 5.41 Å². The Kier molecular flexibility index (Phi) is 7.43. The molecule has 16 heavy (non-hydrogen) atoms. The van der Waals surface area contributed by atoms with Crippen LogP contribution in [0.25, 0.3) is 0 Å². The van der Waals surface area contributed by atoms with Crippen LogP contribution in [-0.2, 0) is 0 Å². The van der Waals surface area contributed by atoms with E-state index in [-0.39, 0.29) is 0 Å². The maximum absolute atomic E-state index is 7.90. The van der Waals surface area contributed by atoms with Crippen LogP contribution in [-0.4, -0.2) is 5.71 Å². The van der Waals surface area contributed by atoms with Crippen molar-refractivity contribution in [1.82, 2.24) is 0 Å². The summed E-state index contributed by atoms with van der Waals surface area (Å²) in [5.41, 5.74) is 2.15. The molecule has 0 unspecified atom stereocenters. The molecule has 0 atom stereocenters. The lowest BCUT2D eigenvalue weighted by atomic mass is 10.0. The van der Waals surface area contributed by atoms with Gasteiger partial charge in [0.05, 0.1) is 5.71 Å². The van der Waals surface area contributed by atoms with Crippen LogP contribution in [0.4, 0.5) is 0 Å². The Morgan fingerprint density at radius 2 is 1.69 bits per heavy atom. The summed E-state index contributed by atoms with van der Waals surface area (Å²) in [4.78, 5) is 0. The molecule has 0 aliphatic rings. The fraction of sp³-hybridized carbons (Fsp3) is 0.133. The highest BCUT2D eigenvalue weighted by Crippen LogP contribution is 2.08. The summed E-state index contributed by atoms with van der Waals surface area (Å²) in [6.07, 6.45) is 5.11. The Balaban J connectivity index is 0.00000106. The molecule has 84 valence electrons. The number of hydrogen-bond acceptors (Lipinski definition) is 1. The minimum atomic E-state index is 0.473. The number of rotatable bonds is 4. The van der Waals surface area contributed by atoms with Crippen molar-refractivity contribution in [3.8, 4) is 0 Å². The van der Waals surface area contributed by atoms with Gasteiger partial charge in [-0.15, -0.1) is 0 Å². The van der Waals surface area contributed by atoms with Crippen LogP contribution in [0.1, 0.15) is 19.4 Å². The van der Waals surface area contributed by atoms with Crippen LogP contribution >= 0.6 is 0 Å². The molecular weight excluding hydrogens is 194 g/mol. The van der Waals surface area contributed by atoms with Crippen LogP contribution < -0.4 is 0 Å². The van der Waals surface area contributed by atoms with Gasteiger partial charge in [-0.1, -0.05) is 75.6 Å². The molecule has 0 aliphatic heterocycles. The third-order valence-electron chi connectivity index (χ3n) is 1.87. The third kappa shape index (κ3) is 4.09. The van der Waals surface area contributed by atoms with Crippen LogP contribution in [0, 0.1) is 5.41 Å². The smallest absolute Gasteiger partial charge is 0.0684 e. The lowest BCUT2D eigenvalue weighted by Crippen LogP contribution is -2.00. The van der Waals surface area contributed by atoms with Crippen molar-refractivity contribution in [1.29, 1.82) is 5.41 Å². The number of nitrogens with one attached hydrogen (secondary N) is 1. The molecule has 0 aliphatic carbocycles. The molecule has 0 saturated heterocycles. The summed E-state index contributed by atoms with van der Waals surface area (Å²) in [6, 6.07) is 9.57. The van der Waals surface area contributed by atoms with Gasteiger partial charge in [-0.3, -0.25) is 5.41 Å². The first-order valence-corrected chi connectivity index (χ1v) is 5.39. The van der Waals surface area contributed by atoms with Gasteiger partial charge in [0.1, 0.15) is 0 Å². The van der Waals surface area contributed by atoms with Gasteiger partial charge in [0, 0.05) is 0 Å². The van der Waals surface area contributed by atoms with Gasteiger partial charge in [0.15, 0.2) is 0 Å². The van der Waals surface area contributed by atoms with E-state index in [0.717, 1.165) is 11.1 Å². The number of hydrogen-bond donors (Lipinski definition) is 1. The van der Waals surface area contributed by atoms with Crippen molar-refractivity contribution in [3.63, 3.8) is 0 Å². The SMILES string of the molecule is C=C/C=C(\C=C)C(=N)c1ccccc1.CC. The molecule has 1 aromatic carbocycles. The molecule has 1 aromatic rings. The lowest BCUT2D eigenvalue weighted by molar-refractivity contribution is 1.47. The highest BCUT2D eigenvalue weighted by atomic mass is 14.4. The first kappa shape index (κ1) is 14.1. The van der Waals surface area contributed by atoms with Crippen LogP contribution in [0.2, 0.25) is 0 Å². The molecule has 0 amide bonds. The van der Waals surface area contributed by atoms with Gasteiger partial charge in [-0.05, 0) is 11.1 Å². The molecule has 1 heteroatoms. The minimum absolute atomic E-state index is 0.473. The standard InChI is InChI=1S/C13H13N.C2H6/c1-3-8-11(4-2)13(14)12-9-6-5-7-10-12;1-2/h3-10,14H,1-2H2;1-2H3/b11-8+,14-13?;. The summed E-state index contributed by atoms with van der Waals surface area (Å²) in [5.74, 6) is 0. The van der Waals surface area contributed by atoms with E-state index < -0.39 is 0 Å². The number of benzene rings is 1. The summed E-state index contributed by atoms with van der Waals surface area (Å²) in [6.45, 7) is 11.3. The quantitative estimate of drug-likeness (QED) is 0.567. The minimum Gasteiger partial charge on any atom is -0.300 e. The number of allylic oxidation sites excluding steroid dienone is 4.